The summed E-state index contributed by atoms with van der Waals surface area (Å²) in [6, 6.07) is 6.40. The number of thiophene rings is 1. The lowest BCUT2D eigenvalue weighted by atomic mass is 10.0. The van der Waals surface area contributed by atoms with Gasteiger partial charge in [0.25, 0.3) is 0 Å². The highest BCUT2D eigenvalue weighted by Crippen LogP contribution is 2.30. The molecule has 0 fully saturated rings. The van der Waals surface area contributed by atoms with E-state index in [4.69, 9.17) is 10.2 Å². The minimum absolute atomic E-state index is 0.204. The number of halogens is 1. The molecule has 0 saturated carbocycles. The molecule has 0 aliphatic carbocycles. The average Bonchev–Trinajstić information content (AvgIpc) is 2.98. The summed E-state index contributed by atoms with van der Waals surface area (Å²) in [6.07, 6.45) is 0.729. The first-order valence-corrected chi connectivity index (χ1v) is 7.04. The van der Waals surface area contributed by atoms with E-state index in [-0.39, 0.29) is 11.9 Å². The van der Waals surface area contributed by atoms with E-state index in [2.05, 4.69) is 11.4 Å². The summed E-state index contributed by atoms with van der Waals surface area (Å²) < 4.78 is 19.0. The lowest BCUT2D eigenvalue weighted by Crippen LogP contribution is -2.13. The molecule has 0 saturated heterocycles. The summed E-state index contributed by atoms with van der Waals surface area (Å²) in [5.74, 6) is 0.487. The quantitative estimate of drug-likeness (QED) is 0.778. The van der Waals surface area contributed by atoms with Crippen LogP contribution in [0.3, 0.4) is 0 Å². The van der Waals surface area contributed by atoms with Gasteiger partial charge in [0.15, 0.2) is 0 Å². The second kappa shape index (κ2) is 4.79. The normalized spacial score (nSPS) is 13.0. The molecule has 2 N–H and O–H groups in total. The Hall–Kier alpha value is -1.65. The third-order valence-corrected chi connectivity index (χ3v) is 4.04. The molecule has 3 rings (SSSR count). The first kappa shape index (κ1) is 12.4. The smallest absolute Gasteiger partial charge is 0.134 e. The van der Waals surface area contributed by atoms with Crippen molar-refractivity contribution in [2.75, 3.05) is 0 Å². The van der Waals surface area contributed by atoms with Crippen molar-refractivity contribution < 1.29 is 8.81 Å². The van der Waals surface area contributed by atoms with E-state index in [0.717, 1.165) is 23.1 Å². The van der Waals surface area contributed by atoms with Crippen molar-refractivity contribution in [2.45, 2.75) is 19.4 Å². The van der Waals surface area contributed by atoms with Crippen LogP contribution in [0.25, 0.3) is 11.0 Å². The van der Waals surface area contributed by atoms with Gasteiger partial charge in [-0.1, -0.05) is 0 Å². The standard InChI is InChI=1S/C15H14FNOS/c1-9-12-7-11(16)2-3-14(12)18-15(9)13(17)6-10-4-5-19-8-10/h2-5,7-8,13H,6,17H2,1H3. The van der Waals surface area contributed by atoms with Gasteiger partial charge in [-0.25, -0.2) is 4.39 Å². The first-order chi connectivity index (χ1) is 9.15. The molecule has 1 atom stereocenters. The number of fused-ring (bicyclic) bond motifs is 1. The van der Waals surface area contributed by atoms with Crippen molar-refractivity contribution in [1.82, 2.24) is 0 Å². The van der Waals surface area contributed by atoms with Gasteiger partial charge < -0.3 is 10.2 Å². The highest BCUT2D eigenvalue weighted by Gasteiger charge is 2.18. The first-order valence-electron chi connectivity index (χ1n) is 6.10. The molecule has 3 aromatic rings. The fraction of sp³-hybridized carbons (Fsp3) is 0.200. The number of rotatable bonds is 3. The maximum atomic E-state index is 13.3. The van der Waals surface area contributed by atoms with Crippen LogP contribution in [-0.2, 0) is 6.42 Å². The molecule has 19 heavy (non-hydrogen) atoms. The Labute approximate surface area is 114 Å². The van der Waals surface area contributed by atoms with E-state index in [9.17, 15) is 4.39 Å². The fourth-order valence-corrected chi connectivity index (χ4v) is 3.00. The van der Waals surface area contributed by atoms with E-state index >= 15 is 0 Å². The van der Waals surface area contributed by atoms with Crippen molar-refractivity contribution in [3.05, 3.63) is 57.7 Å². The summed E-state index contributed by atoms with van der Waals surface area (Å²) in [5, 5.41) is 4.91. The number of benzene rings is 1. The van der Waals surface area contributed by atoms with E-state index in [1.807, 2.05) is 12.3 Å². The second-order valence-electron chi connectivity index (χ2n) is 4.67. The minimum Gasteiger partial charge on any atom is -0.459 e. The molecule has 0 amide bonds. The summed E-state index contributed by atoms with van der Waals surface area (Å²) in [7, 11) is 0. The summed E-state index contributed by atoms with van der Waals surface area (Å²) in [4.78, 5) is 0. The van der Waals surface area contributed by atoms with Crippen LogP contribution in [0.2, 0.25) is 0 Å². The average molecular weight is 275 g/mol. The Morgan fingerprint density at radius 3 is 2.95 bits per heavy atom. The van der Waals surface area contributed by atoms with E-state index in [1.165, 1.54) is 17.7 Å². The van der Waals surface area contributed by atoms with Crippen molar-refractivity contribution in [3.63, 3.8) is 0 Å². The zero-order valence-corrected chi connectivity index (χ0v) is 11.3. The number of aryl methyl sites for hydroxylation is 1. The molecule has 1 unspecified atom stereocenters. The predicted molar refractivity (Wildman–Crippen MR) is 75.9 cm³/mol. The maximum Gasteiger partial charge on any atom is 0.134 e. The van der Waals surface area contributed by atoms with Gasteiger partial charge >= 0.3 is 0 Å². The molecule has 2 aromatic heterocycles. The zero-order chi connectivity index (χ0) is 13.4. The third-order valence-electron chi connectivity index (χ3n) is 3.31. The lowest BCUT2D eigenvalue weighted by molar-refractivity contribution is 0.490. The van der Waals surface area contributed by atoms with Gasteiger partial charge in [-0.15, -0.1) is 0 Å². The fourth-order valence-electron chi connectivity index (χ4n) is 2.32. The molecule has 2 heterocycles. The SMILES string of the molecule is Cc1c(C(N)Cc2ccsc2)oc2ccc(F)cc12. The molecule has 2 nitrogen and oxygen atoms in total. The monoisotopic (exact) mass is 275 g/mol. The van der Waals surface area contributed by atoms with E-state index in [0.29, 0.717) is 5.58 Å². The maximum absolute atomic E-state index is 13.3. The van der Waals surface area contributed by atoms with Gasteiger partial charge in [0.1, 0.15) is 17.2 Å². The number of hydrogen-bond acceptors (Lipinski definition) is 3. The summed E-state index contributed by atoms with van der Waals surface area (Å²) in [5.41, 5.74) is 9.02. The molecular weight excluding hydrogens is 261 g/mol. The second-order valence-corrected chi connectivity index (χ2v) is 5.45. The van der Waals surface area contributed by atoms with Crippen LogP contribution in [0.4, 0.5) is 4.39 Å². The van der Waals surface area contributed by atoms with Crippen molar-refractivity contribution in [3.8, 4) is 0 Å². The zero-order valence-electron chi connectivity index (χ0n) is 10.5. The lowest BCUT2D eigenvalue weighted by Gasteiger charge is -2.08. The van der Waals surface area contributed by atoms with Gasteiger partial charge in [0.2, 0.25) is 0 Å². The van der Waals surface area contributed by atoms with Gasteiger partial charge in [-0.05, 0) is 53.9 Å². The van der Waals surface area contributed by atoms with E-state index in [1.54, 1.807) is 17.4 Å². The molecular formula is C15H14FNOS. The highest BCUT2D eigenvalue weighted by molar-refractivity contribution is 7.07. The molecule has 0 spiro atoms. The Kier molecular flexibility index (Phi) is 3.12. The molecule has 4 heteroatoms. The van der Waals surface area contributed by atoms with Gasteiger partial charge in [-0.3, -0.25) is 0 Å². The molecule has 1 aromatic carbocycles. The number of furan rings is 1. The molecule has 0 bridgehead atoms. The molecule has 0 aliphatic heterocycles. The number of nitrogens with two attached hydrogens (primary N) is 1. The van der Waals surface area contributed by atoms with E-state index < -0.39 is 0 Å². The number of hydrogen-bond donors (Lipinski definition) is 1. The Bertz CT molecular complexity index is 702. The Morgan fingerprint density at radius 2 is 2.21 bits per heavy atom. The van der Waals surface area contributed by atoms with Gasteiger partial charge in [0, 0.05) is 10.9 Å². The summed E-state index contributed by atoms with van der Waals surface area (Å²) >= 11 is 1.65. The molecule has 0 radical (unpaired) electrons. The van der Waals surface area contributed by atoms with Crippen LogP contribution >= 0.6 is 11.3 Å². The Balaban J connectivity index is 1.98. The van der Waals surface area contributed by atoms with Crippen LogP contribution in [0.5, 0.6) is 0 Å². The molecule has 98 valence electrons. The van der Waals surface area contributed by atoms with Crippen molar-refractivity contribution >= 4 is 22.3 Å². The third kappa shape index (κ3) is 2.29. The van der Waals surface area contributed by atoms with Crippen LogP contribution in [0, 0.1) is 12.7 Å². The van der Waals surface area contributed by atoms with Crippen LogP contribution in [0.15, 0.2) is 39.4 Å². The van der Waals surface area contributed by atoms with Crippen molar-refractivity contribution in [2.24, 2.45) is 5.73 Å². The minimum atomic E-state index is -0.255. The molecule has 0 aliphatic rings. The Morgan fingerprint density at radius 1 is 1.37 bits per heavy atom. The topological polar surface area (TPSA) is 39.2 Å². The largest absolute Gasteiger partial charge is 0.459 e. The van der Waals surface area contributed by atoms with Crippen LogP contribution < -0.4 is 5.73 Å². The van der Waals surface area contributed by atoms with Crippen LogP contribution in [-0.4, -0.2) is 0 Å². The van der Waals surface area contributed by atoms with Crippen LogP contribution in [0.1, 0.15) is 22.9 Å². The predicted octanol–water partition coefficient (Wildman–Crippen LogP) is 4.18. The van der Waals surface area contributed by atoms with Gasteiger partial charge in [-0.2, -0.15) is 11.3 Å². The highest BCUT2D eigenvalue weighted by atomic mass is 32.1. The van der Waals surface area contributed by atoms with Crippen molar-refractivity contribution in [1.29, 1.82) is 0 Å². The summed E-state index contributed by atoms with van der Waals surface area (Å²) in [6.45, 7) is 1.92. The van der Waals surface area contributed by atoms with Gasteiger partial charge in [0.05, 0.1) is 6.04 Å².